The van der Waals surface area contributed by atoms with Gasteiger partial charge in [0, 0.05) is 18.0 Å². The van der Waals surface area contributed by atoms with Gasteiger partial charge in [0.2, 0.25) is 23.6 Å². The average molecular weight is 469 g/mol. The third-order valence-electron chi connectivity index (χ3n) is 6.71. The number of primary amides is 1. The fourth-order valence-electron chi connectivity index (χ4n) is 5.31. The number of ether oxygens (including phenoxy) is 1. The van der Waals surface area contributed by atoms with Gasteiger partial charge >= 0.3 is 0 Å². The van der Waals surface area contributed by atoms with Crippen LogP contribution in [0.15, 0.2) is 42.5 Å². The number of anilines is 1. The highest BCUT2D eigenvalue weighted by molar-refractivity contribution is 6.35. The minimum absolute atomic E-state index is 0.0397. The summed E-state index contributed by atoms with van der Waals surface area (Å²) in [6, 6.07) is 11.2. The van der Waals surface area contributed by atoms with Crippen molar-refractivity contribution in [2.75, 3.05) is 12.4 Å². The second-order valence-corrected chi connectivity index (χ2v) is 8.87. The van der Waals surface area contributed by atoms with Crippen molar-refractivity contribution >= 4 is 40.9 Å². The number of nitrogens with one attached hydrogen (secondary N) is 2. The number of para-hydroxylation sites is 1. The molecule has 0 saturated carbocycles. The van der Waals surface area contributed by atoms with E-state index in [4.69, 9.17) is 22.1 Å². The number of carbonyl (C=O) groups is 4. The summed E-state index contributed by atoms with van der Waals surface area (Å²) in [5.41, 5.74) is 5.52. The Labute approximate surface area is 194 Å². The summed E-state index contributed by atoms with van der Waals surface area (Å²) in [6.07, 6.45) is -0.193. The van der Waals surface area contributed by atoms with Crippen LogP contribution < -0.4 is 21.1 Å². The molecule has 2 aromatic rings. The Morgan fingerprint density at radius 2 is 1.88 bits per heavy atom. The van der Waals surface area contributed by atoms with Gasteiger partial charge in [-0.15, -0.1) is 0 Å². The lowest BCUT2D eigenvalue weighted by Crippen LogP contribution is -2.53. The van der Waals surface area contributed by atoms with Crippen LogP contribution in [0.3, 0.4) is 0 Å². The van der Waals surface area contributed by atoms with Crippen LogP contribution in [0.1, 0.15) is 17.5 Å². The Kier molecular flexibility index (Phi) is 4.91. The molecule has 2 fully saturated rings. The molecular formula is C23H21ClN4O5. The van der Waals surface area contributed by atoms with Gasteiger partial charge in [0.1, 0.15) is 11.3 Å². The lowest BCUT2D eigenvalue weighted by atomic mass is 9.76. The van der Waals surface area contributed by atoms with Gasteiger partial charge in [0.15, 0.2) is 0 Å². The number of amides is 4. The van der Waals surface area contributed by atoms with Crippen molar-refractivity contribution < 1.29 is 23.9 Å². The first kappa shape index (κ1) is 21.4. The fourth-order valence-corrected chi connectivity index (χ4v) is 5.54. The summed E-state index contributed by atoms with van der Waals surface area (Å²) < 4.78 is 5.16. The van der Waals surface area contributed by atoms with Crippen LogP contribution in [0.2, 0.25) is 5.02 Å². The molecule has 3 heterocycles. The van der Waals surface area contributed by atoms with E-state index in [1.54, 1.807) is 49.6 Å². The summed E-state index contributed by atoms with van der Waals surface area (Å²) in [4.78, 5) is 53.4. The predicted molar refractivity (Wildman–Crippen MR) is 118 cm³/mol. The Morgan fingerprint density at radius 1 is 1.15 bits per heavy atom. The smallest absolute Gasteiger partial charge is 0.250 e. The molecule has 2 saturated heterocycles. The number of imide groups is 1. The molecule has 4 atom stereocenters. The second-order valence-electron chi connectivity index (χ2n) is 8.46. The topological polar surface area (TPSA) is 131 Å². The van der Waals surface area contributed by atoms with Crippen molar-refractivity contribution in [1.82, 2.24) is 10.2 Å². The molecule has 0 unspecified atom stereocenters. The van der Waals surface area contributed by atoms with E-state index in [1.807, 2.05) is 0 Å². The first-order valence-corrected chi connectivity index (χ1v) is 10.8. The van der Waals surface area contributed by atoms with Gasteiger partial charge in [0.25, 0.3) is 0 Å². The van der Waals surface area contributed by atoms with E-state index in [1.165, 1.54) is 0 Å². The lowest BCUT2D eigenvalue weighted by molar-refractivity contribution is -0.143. The van der Waals surface area contributed by atoms with Crippen LogP contribution in [0.25, 0.3) is 0 Å². The molecule has 0 aromatic heterocycles. The van der Waals surface area contributed by atoms with Gasteiger partial charge < -0.3 is 15.8 Å². The van der Waals surface area contributed by atoms with E-state index in [2.05, 4.69) is 10.6 Å². The Balaban J connectivity index is 1.58. The molecule has 10 heteroatoms. The Hall–Kier alpha value is -3.43. The van der Waals surface area contributed by atoms with Crippen LogP contribution in [0.5, 0.6) is 5.75 Å². The van der Waals surface area contributed by atoms with E-state index < -0.39 is 47.0 Å². The summed E-state index contributed by atoms with van der Waals surface area (Å²) >= 11 is 6.30. The maximum atomic E-state index is 13.7. The summed E-state index contributed by atoms with van der Waals surface area (Å²) in [5.74, 6) is -3.35. The first-order valence-electron chi connectivity index (χ1n) is 10.4. The quantitative estimate of drug-likeness (QED) is 0.564. The second kappa shape index (κ2) is 7.57. The Morgan fingerprint density at radius 3 is 2.55 bits per heavy atom. The predicted octanol–water partition coefficient (Wildman–Crippen LogP) is 1.14. The van der Waals surface area contributed by atoms with Gasteiger partial charge in [-0.2, -0.15) is 0 Å². The van der Waals surface area contributed by atoms with Crippen LogP contribution in [0.4, 0.5) is 5.69 Å². The molecule has 3 aliphatic rings. The zero-order valence-corrected chi connectivity index (χ0v) is 18.4. The summed E-state index contributed by atoms with van der Waals surface area (Å²) in [7, 11) is 1.55. The number of carbonyl (C=O) groups excluding carboxylic acids is 4. The van der Waals surface area contributed by atoms with Crippen LogP contribution in [0, 0.1) is 11.8 Å². The zero-order chi connectivity index (χ0) is 23.5. The van der Waals surface area contributed by atoms with Crippen molar-refractivity contribution in [3.8, 4) is 5.75 Å². The molecule has 0 bridgehead atoms. The molecule has 9 nitrogen and oxygen atoms in total. The number of rotatable bonds is 5. The van der Waals surface area contributed by atoms with Crippen molar-refractivity contribution in [1.29, 1.82) is 0 Å². The number of hydrogen-bond acceptors (Lipinski definition) is 6. The Bertz CT molecular complexity index is 1200. The molecule has 5 rings (SSSR count). The molecule has 3 aliphatic heterocycles. The third kappa shape index (κ3) is 3.03. The monoisotopic (exact) mass is 468 g/mol. The average Bonchev–Trinajstić information content (AvgIpc) is 3.35. The van der Waals surface area contributed by atoms with Gasteiger partial charge in [-0.05, 0) is 23.8 Å². The molecule has 4 amide bonds. The third-order valence-corrected chi connectivity index (χ3v) is 7.03. The first-order chi connectivity index (χ1) is 15.8. The number of nitrogens with zero attached hydrogens (tertiary/aromatic N) is 1. The summed E-state index contributed by atoms with van der Waals surface area (Å²) in [5, 5.41) is 6.21. The van der Waals surface area contributed by atoms with E-state index in [-0.39, 0.29) is 13.0 Å². The molecule has 1 spiro atoms. The highest BCUT2D eigenvalue weighted by Gasteiger charge is 2.70. The molecule has 170 valence electrons. The van der Waals surface area contributed by atoms with E-state index >= 15 is 0 Å². The number of halogens is 1. The molecular weight excluding hydrogens is 448 g/mol. The number of benzene rings is 2. The molecule has 2 aromatic carbocycles. The van der Waals surface area contributed by atoms with Crippen molar-refractivity contribution in [3.05, 3.63) is 58.6 Å². The van der Waals surface area contributed by atoms with Crippen molar-refractivity contribution in [3.63, 3.8) is 0 Å². The van der Waals surface area contributed by atoms with Gasteiger partial charge in [-0.25, -0.2) is 0 Å². The largest absolute Gasteiger partial charge is 0.497 e. The molecule has 33 heavy (non-hydrogen) atoms. The lowest BCUT2D eigenvalue weighted by Gasteiger charge is -2.29. The van der Waals surface area contributed by atoms with E-state index in [0.29, 0.717) is 22.0 Å². The minimum atomic E-state index is -1.52. The standard InChI is InChI=1S/C23H21ClN4O5/c1-33-12-7-5-11(6-8-12)10-28-20(30)17-15(9-16(25)29)27-23(18(17)21(28)31)13-3-2-4-14(24)19(13)26-22(23)32/h2-8,15,17-18,27H,9-10H2,1H3,(H2,25,29)(H,26,32)/t15-,17-,18+,23-/m1/s1. The highest BCUT2D eigenvalue weighted by Crippen LogP contribution is 2.54. The van der Waals surface area contributed by atoms with Crippen LogP contribution in [-0.4, -0.2) is 41.7 Å². The van der Waals surface area contributed by atoms with Crippen molar-refractivity contribution in [2.24, 2.45) is 17.6 Å². The van der Waals surface area contributed by atoms with E-state index in [0.717, 1.165) is 10.5 Å². The van der Waals surface area contributed by atoms with Crippen molar-refractivity contribution in [2.45, 2.75) is 24.5 Å². The molecule has 0 aliphatic carbocycles. The van der Waals surface area contributed by atoms with E-state index in [9.17, 15) is 19.2 Å². The number of likely N-dealkylation sites (tertiary alicyclic amines) is 1. The van der Waals surface area contributed by atoms with Crippen LogP contribution >= 0.6 is 11.6 Å². The molecule has 0 radical (unpaired) electrons. The highest BCUT2D eigenvalue weighted by atomic mass is 35.5. The SMILES string of the molecule is COc1ccc(CN2C(=O)[C@H]3[C@@H](C2=O)[C@@]2(N[C@@H]3CC(N)=O)C(=O)Nc3c(Cl)cccc32)cc1. The minimum Gasteiger partial charge on any atom is -0.497 e. The maximum absolute atomic E-state index is 13.7. The maximum Gasteiger partial charge on any atom is 0.250 e. The zero-order valence-electron chi connectivity index (χ0n) is 17.6. The number of methoxy groups -OCH3 is 1. The number of fused-ring (bicyclic) bond motifs is 4. The summed E-state index contributed by atoms with van der Waals surface area (Å²) in [6.45, 7) is 0.0397. The molecule has 4 N–H and O–H groups in total. The van der Waals surface area contributed by atoms with Gasteiger partial charge in [0.05, 0.1) is 36.2 Å². The number of hydrogen-bond donors (Lipinski definition) is 3. The van der Waals surface area contributed by atoms with Crippen LogP contribution in [-0.2, 0) is 31.3 Å². The van der Waals surface area contributed by atoms with Gasteiger partial charge in [-0.3, -0.25) is 29.4 Å². The fraction of sp³-hybridized carbons (Fsp3) is 0.304. The van der Waals surface area contributed by atoms with Gasteiger partial charge in [-0.1, -0.05) is 35.9 Å². The number of nitrogens with two attached hydrogens (primary N) is 1. The normalized spacial score (nSPS) is 27.6.